The molecule has 0 bridgehead atoms. The first-order chi connectivity index (χ1) is 9.04. The van der Waals surface area contributed by atoms with Crippen LogP contribution >= 0.6 is 23.3 Å². The Hall–Kier alpha value is -1.60. The molecule has 19 heavy (non-hydrogen) atoms. The van der Waals surface area contributed by atoms with Crippen LogP contribution in [0, 0.1) is 13.8 Å². The maximum atomic E-state index is 11.8. The largest absolute Gasteiger partial charge is 0.399 e. The van der Waals surface area contributed by atoms with Gasteiger partial charge in [-0.05, 0) is 49.1 Å². The number of nitrogens with one attached hydrogen (secondary N) is 1. The molecule has 0 saturated carbocycles. The van der Waals surface area contributed by atoms with Crippen molar-refractivity contribution in [1.82, 2.24) is 9.36 Å². The van der Waals surface area contributed by atoms with E-state index in [1.165, 1.54) is 23.3 Å². The SMILES string of the molecule is Cc1nsc(SCC(=O)Nc2ccc(N)cc2C)n1. The number of carbonyl (C=O) groups is 1. The third-order valence-electron chi connectivity index (χ3n) is 2.36. The van der Waals surface area contributed by atoms with Crippen molar-refractivity contribution in [2.75, 3.05) is 16.8 Å². The van der Waals surface area contributed by atoms with E-state index in [1.807, 2.05) is 26.0 Å². The van der Waals surface area contributed by atoms with Gasteiger partial charge >= 0.3 is 0 Å². The van der Waals surface area contributed by atoms with E-state index in [0.29, 0.717) is 11.4 Å². The fraction of sp³-hybridized carbons (Fsp3) is 0.250. The van der Waals surface area contributed by atoms with Crippen LogP contribution in [0.4, 0.5) is 11.4 Å². The van der Waals surface area contributed by atoms with Crippen LogP contribution in [-0.2, 0) is 4.79 Å². The Balaban J connectivity index is 1.90. The van der Waals surface area contributed by atoms with E-state index in [4.69, 9.17) is 5.73 Å². The zero-order valence-electron chi connectivity index (χ0n) is 10.6. The molecule has 0 fully saturated rings. The summed E-state index contributed by atoms with van der Waals surface area (Å²) in [7, 11) is 0. The van der Waals surface area contributed by atoms with E-state index >= 15 is 0 Å². The fourth-order valence-electron chi connectivity index (χ4n) is 1.48. The van der Waals surface area contributed by atoms with Crippen molar-refractivity contribution in [1.29, 1.82) is 0 Å². The molecule has 1 amide bonds. The normalized spacial score (nSPS) is 10.4. The highest BCUT2D eigenvalue weighted by atomic mass is 32.2. The van der Waals surface area contributed by atoms with Crippen molar-refractivity contribution in [2.45, 2.75) is 18.2 Å². The van der Waals surface area contributed by atoms with Gasteiger partial charge in [-0.2, -0.15) is 4.37 Å². The molecule has 1 aromatic carbocycles. The number of aryl methyl sites for hydroxylation is 2. The first-order valence-electron chi connectivity index (χ1n) is 5.63. The molecule has 0 spiro atoms. The number of hydrogen-bond acceptors (Lipinski definition) is 6. The molecule has 1 aromatic heterocycles. The van der Waals surface area contributed by atoms with Crippen molar-refractivity contribution >= 4 is 40.6 Å². The van der Waals surface area contributed by atoms with Gasteiger partial charge in [-0.1, -0.05) is 11.8 Å². The van der Waals surface area contributed by atoms with Gasteiger partial charge in [-0.3, -0.25) is 4.79 Å². The molecular formula is C12H14N4OS2. The predicted octanol–water partition coefficient (Wildman–Crippen LogP) is 2.47. The van der Waals surface area contributed by atoms with Crippen LogP contribution in [0.25, 0.3) is 0 Å². The number of nitrogen functional groups attached to an aromatic ring is 1. The number of hydrogen-bond donors (Lipinski definition) is 2. The summed E-state index contributed by atoms with van der Waals surface area (Å²) < 4.78 is 4.87. The average Bonchev–Trinajstić information content (AvgIpc) is 2.76. The second kappa shape index (κ2) is 6.03. The van der Waals surface area contributed by atoms with E-state index in [9.17, 15) is 4.79 Å². The van der Waals surface area contributed by atoms with Crippen molar-refractivity contribution < 1.29 is 4.79 Å². The zero-order valence-corrected chi connectivity index (χ0v) is 12.3. The van der Waals surface area contributed by atoms with Crippen LogP contribution in [-0.4, -0.2) is 21.0 Å². The number of nitrogens with two attached hydrogens (primary N) is 1. The summed E-state index contributed by atoms with van der Waals surface area (Å²) in [6.45, 7) is 3.74. The van der Waals surface area contributed by atoms with E-state index in [-0.39, 0.29) is 5.91 Å². The second-order valence-electron chi connectivity index (χ2n) is 4.02. The van der Waals surface area contributed by atoms with Crippen LogP contribution < -0.4 is 11.1 Å². The minimum atomic E-state index is -0.0641. The number of anilines is 2. The van der Waals surface area contributed by atoms with E-state index in [2.05, 4.69) is 14.7 Å². The molecule has 3 N–H and O–H groups in total. The van der Waals surface area contributed by atoms with Gasteiger partial charge < -0.3 is 11.1 Å². The Bertz CT molecular complexity index is 597. The van der Waals surface area contributed by atoms with Crippen molar-refractivity contribution in [2.24, 2.45) is 0 Å². The first-order valence-corrected chi connectivity index (χ1v) is 7.39. The van der Waals surface area contributed by atoms with Crippen LogP contribution in [0.5, 0.6) is 0 Å². The Morgan fingerprint density at radius 2 is 2.26 bits per heavy atom. The standard InChI is InChI=1S/C12H14N4OS2/c1-7-5-9(13)3-4-10(7)15-11(17)6-18-12-14-8(2)16-19-12/h3-5H,6,13H2,1-2H3,(H,15,17). The van der Waals surface area contributed by atoms with Gasteiger partial charge in [0.2, 0.25) is 5.91 Å². The van der Waals surface area contributed by atoms with Gasteiger partial charge in [0.25, 0.3) is 0 Å². The maximum absolute atomic E-state index is 11.8. The van der Waals surface area contributed by atoms with Gasteiger partial charge in [-0.25, -0.2) is 4.98 Å². The number of rotatable bonds is 4. The van der Waals surface area contributed by atoms with Crippen LogP contribution in [0.2, 0.25) is 0 Å². The molecule has 0 aliphatic heterocycles. The third kappa shape index (κ3) is 3.93. The van der Waals surface area contributed by atoms with Crippen molar-refractivity contribution in [3.05, 3.63) is 29.6 Å². The molecule has 0 saturated heterocycles. The van der Waals surface area contributed by atoms with Gasteiger partial charge in [0.15, 0.2) is 4.34 Å². The van der Waals surface area contributed by atoms with Gasteiger partial charge in [0.05, 0.1) is 5.75 Å². The van der Waals surface area contributed by atoms with Gasteiger partial charge in [0, 0.05) is 11.4 Å². The highest BCUT2D eigenvalue weighted by Gasteiger charge is 2.08. The Morgan fingerprint density at radius 1 is 1.47 bits per heavy atom. The number of amides is 1. The summed E-state index contributed by atoms with van der Waals surface area (Å²) in [5, 5.41) is 2.86. The van der Waals surface area contributed by atoms with Gasteiger partial charge in [0.1, 0.15) is 5.82 Å². The first kappa shape index (κ1) is 13.8. The predicted molar refractivity (Wildman–Crippen MR) is 79.6 cm³/mol. The molecule has 0 atom stereocenters. The van der Waals surface area contributed by atoms with Crippen LogP contribution in [0.15, 0.2) is 22.5 Å². The average molecular weight is 294 g/mol. The highest BCUT2D eigenvalue weighted by molar-refractivity contribution is 8.01. The number of thioether (sulfide) groups is 1. The molecule has 0 unspecified atom stereocenters. The zero-order chi connectivity index (χ0) is 13.8. The summed E-state index contributed by atoms with van der Waals surface area (Å²) in [6.07, 6.45) is 0. The monoisotopic (exact) mass is 294 g/mol. The molecule has 100 valence electrons. The smallest absolute Gasteiger partial charge is 0.234 e. The lowest BCUT2D eigenvalue weighted by Crippen LogP contribution is -2.14. The highest BCUT2D eigenvalue weighted by Crippen LogP contribution is 2.21. The van der Waals surface area contributed by atoms with E-state index in [0.717, 1.165) is 21.4 Å². The van der Waals surface area contributed by atoms with Crippen molar-refractivity contribution in [3.8, 4) is 0 Å². The van der Waals surface area contributed by atoms with Crippen molar-refractivity contribution in [3.63, 3.8) is 0 Å². The topological polar surface area (TPSA) is 80.9 Å². The lowest BCUT2D eigenvalue weighted by atomic mass is 10.2. The molecule has 0 aliphatic rings. The molecule has 7 heteroatoms. The Kier molecular flexibility index (Phi) is 4.39. The molecule has 5 nitrogen and oxygen atoms in total. The summed E-state index contributed by atoms with van der Waals surface area (Å²) in [4.78, 5) is 16.0. The molecular weight excluding hydrogens is 280 g/mol. The summed E-state index contributed by atoms with van der Waals surface area (Å²) >= 11 is 2.69. The maximum Gasteiger partial charge on any atom is 0.234 e. The molecule has 0 radical (unpaired) electrons. The van der Waals surface area contributed by atoms with Crippen LogP contribution in [0.1, 0.15) is 11.4 Å². The molecule has 0 aliphatic carbocycles. The second-order valence-corrected chi connectivity index (χ2v) is 5.99. The number of nitrogens with zero attached hydrogens (tertiary/aromatic N) is 2. The Morgan fingerprint density at radius 3 is 2.89 bits per heavy atom. The van der Waals surface area contributed by atoms with Gasteiger partial charge in [-0.15, -0.1) is 0 Å². The summed E-state index contributed by atoms with van der Waals surface area (Å²) in [6, 6.07) is 5.41. The lowest BCUT2D eigenvalue weighted by Gasteiger charge is -2.08. The number of carbonyl (C=O) groups excluding carboxylic acids is 1. The van der Waals surface area contributed by atoms with Crippen LogP contribution in [0.3, 0.4) is 0 Å². The molecule has 2 aromatic rings. The fourth-order valence-corrected chi connectivity index (χ4v) is 2.92. The summed E-state index contributed by atoms with van der Waals surface area (Å²) in [5.41, 5.74) is 8.09. The lowest BCUT2D eigenvalue weighted by molar-refractivity contribution is -0.113. The minimum absolute atomic E-state index is 0.0641. The van der Waals surface area contributed by atoms with E-state index in [1.54, 1.807) is 6.07 Å². The summed E-state index contributed by atoms with van der Waals surface area (Å²) in [5.74, 6) is 0.992. The third-order valence-corrected chi connectivity index (χ3v) is 4.29. The molecule has 2 rings (SSSR count). The van der Waals surface area contributed by atoms with E-state index < -0.39 is 0 Å². The quantitative estimate of drug-likeness (QED) is 0.669. The minimum Gasteiger partial charge on any atom is -0.399 e. The Labute approximate surface area is 119 Å². The molecule has 1 heterocycles. The number of benzene rings is 1. The number of aromatic nitrogens is 2.